The maximum atomic E-state index is 13.0. The average Bonchev–Trinajstić information content (AvgIpc) is 2.35. The van der Waals surface area contributed by atoms with E-state index in [0.717, 1.165) is 20.9 Å². The van der Waals surface area contributed by atoms with Gasteiger partial charge in [-0.2, -0.15) is 0 Å². The number of rotatable bonds is 2. The van der Waals surface area contributed by atoms with Crippen LogP contribution in [0.3, 0.4) is 0 Å². The van der Waals surface area contributed by atoms with Crippen LogP contribution in [0.2, 0.25) is 0 Å². The summed E-state index contributed by atoms with van der Waals surface area (Å²) >= 11 is 0. The molecule has 1 nitrogen and oxygen atoms in total. The van der Waals surface area contributed by atoms with Crippen LogP contribution >= 0.6 is 0 Å². The topological polar surface area (TPSA) is 17.1 Å². The average molecular weight is 272 g/mol. The molecule has 0 aliphatic carbocycles. The van der Waals surface area contributed by atoms with Crippen molar-refractivity contribution >= 4 is 15.4 Å². The van der Waals surface area contributed by atoms with E-state index in [4.69, 9.17) is 0 Å². The molecule has 0 unspecified atom stereocenters. The summed E-state index contributed by atoms with van der Waals surface area (Å²) < 4.78 is 13.0. The van der Waals surface area contributed by atoms with Crippen molar-refractivity contribution in [2.45, 2.75) is 37.5 Å². The highest BCUT2D eigenvalue weighted by atomic mass is 32.2. The summed E-state index contributed by atoms with van der Waals surface area (Å²) in [7, 11) is -2.42. The Hall–Kier alpha value is -1.54. The van der Waals surface area contributed by atoms with E-state index < -0.39 is 9.52 Å². The molecule has 0 aliphatic rings. The molecule has 0 heterocycles. The molecule has 2 heteroatoms. The van der Waals surface area contributed by atoms with Crippen molar-refractivity contribution in [1.82, 2.24) is 0 Å². The van der Waals surface area contributed by atoms with Crippen LogP contribution in [0.5, 0.6) is 0 Å². The highest BCUT2D eigenvalue weighted by Gasteiger charge is 2.12. The van der Waals surface area contributed by atoms with Crippen LogP contribution in [0.15, 0.2) is 46.2 Å². The van der Waals surface area contributed by atoms with Gasteiger partial charge in [0.25, 0.3) is 0 Å². The molecule has 0 amide bonds. The highest BCUT2D eigenvalue weighted by Crippen LogP contribution is 2.24. The van der Waals surface area contributed by atoms with Crippen LogP contribution in [-0.4, -0.2) is 10.1 Å². The third kappa shape index (κ3) is 2.59. The molecule has 0 radical (unpaired) electrons. The maximum absolute atomic E-state index is 13.0. The van der Waals surface area contributed by atoms with E-state index in [1.54, 1.807) is 0 Å². The molecule has 0 saturated heterocycles. The fourth-order valence-electron chi connectivity index (χ4n) is 1.97. The molecule has 2 aromatic rings. The van der Waals surface area contributed by atoms with Crippen molar-refractivity contribution in [1.29, 1.82) is 0 Å². The Morgan fingerprint density at radius 1 is 0.737 bits per heavy atom. The first-order chi connectivity index (χ1) is 8.82. The van der Waals surface area contributed by atoms with Gasteiger partial charge in [-0.05, 0) is 80.1 Å². The summed E-state index contributed by atoms with van der Waals surface area (Å²) in [5.74, 6) is 3.98. The zero-order valence-corrected chi connectivity index (χ0v) is 12.8. The van der Waals surface area contributed by atoms with E-state index in [0.29, 0.717) is 0 Å². The fourth-order valence-corrected chi connectivity index (χ4v) is 3.56. The van der Waals surface area contributed by atoms with Gasteiger partial charge in [0, 0.05) is 19.3 Å². The largest absolute Gasteiger partial charge is 0.258 e. The Morgan fingerprint density at radius 2 is 1.11 bits per heavy atom. The predicted molar refractivity (Wildman–Crippen MR) is 83.6 cm³/mol. The Labute approximate surface area is 116 Å². The van der Waals surface area contributed by atoms with Crippen LogP contribution in [0.1, 0.15) is 22.3 Å². The Kier molecular flexibility index (Phi) is 3.55. The van der Waals surface area contributed by atoms with Gasteiger partial charge in [0.15, 0.2) is 0 Å². The van der Waals surface area contributed by atoms with Crippen LogP contribution in [0, 0.1) is 27.7 Å². The minimum absolute atomic E-state index is 0.804. The van der Waals surface area contributed by atoms with Crippen LogP contribution in [0.4, 0.5) is 0 Å². The van der Waals surface area contributed by atoms with E-state index in [1.807, 2.05) is 50.2 Å². The standard InChI is InChI=1S/C17H20OS/c1-12-6-8-16(10-14(12)3)19(5,18)17-9-7-13(2)15(4)11-17/h6-11H,5H2,1-4H3. The second-order valence-corrected chi connectivity index (χ2v) is 7.46. The predicted octanol–water partition coefficient (Wildman–Crippen LogP) is 4.05. The minimum Gasteiger partial charge on any atom is -0.258 e. The summed E-state index contributed by atoms with van der Waals surface area (Å²) in [6.07, 6.45) is 0. The van der Waals surface area contributed by atoms with Crippen molar-refractivity contribution in [3.63, 3.8) is 0 Å². The molecule has 19 heavy (non-hydrogen) atoms. The van der Waals surface area contributed by atoms with Gasteiger partial charge in [-0.15, -0.1) is 0 Å². The Balaban J connectivity index is 2.58. The van der Waals surface area contributed by atoms with E-state index >= 15 is 0 Å². The quantitative estimate of drug-likeness (QED) is 0.754. The Morgan fingerprint density at radius 3 is 1.42 bits per heavy atom. The summed E-state index contributed by atoms with van der Waals surface area (Å²) in [4.78, 5) is 1.61. The van der Waals surface area contributed by atoms with Crippen molar-refractivity contribution in [2.75, 3.05) is 0 Å². The zero-order valence-electron chi connectivity index (χ0n) is 12.0. The maximum Gasteiger partial charge on any atom is 0.0353 e. The summed E-state index contributed by atoms with van der Waals surface area (Å²) in [5.41, 5.74) is 4.72. The van der Waals surface area contributed by atoms with Gasteiger partial charge in [0.2, 0.25) is 0 Å². The molecular formula is C17H20OS. The van der Waals surface area contributed by atoms with Gasteiger partial charge in [-0.25, -0.2) is 0 Å². The monoisotopic (exact) mass is 272 g/mol. The fraction of sp³-hybridized carbons (Fsp3) is 0.235. The van der Waals surface area contributed by atoms with Gasteiger partial charge in [0.1, 0.15) is 0 Å². The molecule has 0 aromatic heterocycles. The van der Waals surface area contributed by atoms with Gasteiger partial charge in [-0.1, -0.05) is 12.1 Å². The summed E-state index contributed by atoms with van der Waals surface area (Å²) in [6.45, 7) is 8.18. The number of hydrogen-bond acceptors (Lipinski definition) is 1. The molecule has 0 N–H and O–H groups in total. The molecule has 2 aromatic carbocycles. The third-order valence-corrected chi connectivity index (χ3v) is 5.75. The number of hydrogen-bond donors (Lipinski definition) is 0. The first kappa shape index (κ1) is 13.9. The van der Waals surface area contributed by atoms with Gasteiger partial charge >= 0.3 is 0 Å². The lowest BCUT2D eigenvalue weighted by atomic mass is 10.1. The lowest BCUT2D eigenvalue weighted by Gasteiger charge is -2.13. The van der Waals surface area contributed by atoms with Gasteiger partial charge in [-0.3, -0.25) is 4.21 Å². The lowest BCUT2D eigenvalue weighted by molar-refractivity contribution is 0.681. The summed E-state index contributed by atoms with van der Waals surface area (Å²) in [6, 6.07) is 11.8. The second-order valence-electron chi connectivity index (χ2n) is 5.17. The lowest BCUT2D eigenvalue weighted by Crippen LogP contribution is -2.03. The molecule has 2 rings (SSSR count). The zero-order chi connectivity index (χ0) is 14.2. The molecule has 0 aliphatic heterocycles. The minimum atomic E-state index is -2.42. The van der Waals surface area contributed by atoms with Crippen LogP contribution in [-0.2, 0) is 9.52 Å². The molecule has 0 atom stereocenters. The first-order valence-corrected chi connectivity index (χ1v) is 8.07. The van der Waals surface area contributed by atoms with Crippen molar-refractivity contribution in [3.8, 4) is 0 Å². The molecule has 0 bridgehead atoms. The molecule has 100 valence electrons. The van der Waals surface area contributed by atoms with Crippen molar-refractivity contribution in [3.05, 3.63) is 58.7 Å². The van der Waals surface area contributed by atoms with E-state index in [2.05, 4.69) is 19.7 Å². The molecule has 0 fully saturated rings. The normalized spacial score (nSPS) is 11.6. The molecule has 0 spiro atoms. The van der Waals surface area contributed by atoms with Crippen molar-refractivity contribution in [2.24, 2.45) is 0 Å². The Bertz CT molecular complexity index is 667. The number of aryl methyl sites for hydroxylation is 4. The highest BCUT2D eigenvalue weighted by molar-refractivity contribution is 8.00. The summed E-state index contributed by atoms with van der Waals surface area (Å²) in [5, 5.41) is 0. The van der Waals surface area contributed by atoms with E-state index in [9.17, 15) is 4.21 Å². The SMILES string of the molecule is C=S(=O)(c1ccc(C)c(C)c1)c1ccc(C)c(C)c1. The van der Waals surface area contributed by atoms with Gasteiger partial charge < -0.3 is 0 Å². The molecular weight excluding hydrogens is 252 g/mol. The third-order valence-electron chi connectivity index (χ3n) is 3.72. The van der Waals surface area contributed by atoms with Crippen molar-refractivity contribution < 1.29 is 4.21 Å². The molecule has 0 saturated carbocycles. The van der Waals surface area contributed by atoms with Crippen LogP contribution in [0.25, 0.3) is 0 Å². The number of benzene rings is 2. The smallest absolute Gasteiger partial charge is 0.0353 e. The van der Waals surface area contributed by atoms with E-state index in [1.165, 1.54) is 11.1 Å². The van der Waals surface area contributed by atoms with E-state index in [-0.39, 0.29) is 0 Å². The van der Waals surface area contributed by atoms with Crippen LogP contribution < -0.4 is 0 Å². The first-order valence-electron chi connectivity index (χ1n) is 6.34. The second kappa shape index (κ2) is 4.86. The van der Waals surface area contributed by atoms with Gasteiger partial charge in [0.05, 0.1) is 0 Å².